The normalized spacial score (nSPS) is 10.1. The van der Waals surface area contributed by atoms with Crippen molar-refractivity contribution < 1.29 is 19.1 Å². The van der Waals surface area contributed by atoms with Crippen molar-refractivity contribution in [3.63, 3.8) is 0 Å². The number of furan rings is 1. The molecule has 1 N–H and O–H groups in total. The van der Waals surface area contributed by atoms with Crippen LogP contribution in [0.15, 0.2) is 29.2 Å². The number of aromatic carboxylic acids is 1. The number of hydrogen-bond acceptors (Lipinski definition) is 4. The van der Waals surface area contributed by atoms with E-state index in [4.69, 9.17) is 14.3 Å². The van der Waals surface area contributed by atoms with Crippen LogP contribution in [0.3, 0.4) is 0 Å². The van der Waals surface area contributed by atoms with E-state index in [9.17, 15) is 4.79 Å². The van der Waals surface area contributed by atoms with Crippen LogP contribution < -0.4 is 0 Å². The fourth-order valence-electron chi connectivity index (χ4n) is 0.903. The van der Waals surface area contributed by atoms with Gasteiger partial charge in [0.2, 0.25) is 5.76 Å². The largest absolute Gasteiger partial charge is 0.475 e. The summed E-state index contributed by atoms with van der Waals surface area (Å²) >= 11 is 1.51. The molecular weight excluding hydrogens is 216 g/mol. The van der Waals surface area contributed by atoms with Crippen LogP contribution in [-0.4, -0.2) is 23.6 Å². The summed E-state index contributed by atoms with van der Waals surface area (Å²) in [4.78, 5) is 10.5. The van der Waals surface area contributed by atoms with Crippen molar-refractivity contribution in [2.45, 2.75) is 5.75 Å². The van der Waals surface area contributed by atoms with Crippen LogP contribution in [0.25, 0.3) is 0 Å². The SMILES string of the molecule is C=CCOCSCc1ccc(C(=O)O)o1. The zero-order valence-electron chi connectivity index (χ0n) is 8.14. The van der Waals surface area contributed by atoms with Gasteiger partial charge in [0.1, 0.15) is 5.76 Å². The van der Waals surface area contributed by atoms with E-state index in [-0.39, 0.29) is 5.76 Å². The Kier molecular flexibility index (Phi) is 5.00. The monoisotopic (exact) mass is 228 g/mol. The molecule has 1 heterocycles. The van der Waals surface area contributed by atoms with Crippen molar-refractivity contribution in [2.24, 2.45) is 0 Å². The topological polar surface area (TPSA) is 59.7 Å². The highest BCUT2D eigenvalue weighted by atomic mass is 32.2. The smallest absolute Gasteiger partial charge is 0.371 e. The first-order valence-electron chi connectivity index (χ1n) is 4.32. The fourth-order valence-corrected chi connectivity index (χ4v) is 1.56. The Morgan fingerprint density at radius 1 is 1.67 bits per heavy atom. The molecule has 1 aromatic heterocycles. The maximum absolute atomic E-state index is 10.5. The molecule has 82 valence electrons. The summed E-state index contributed by atoms with van der Waals surface area (Å²) in [6.07, 6.45) is 1.68. The van der Waals surface area contributed by atoms with Crippen LogP contribution in [0.1, 0.15) is 16.3 Å². The standard InChI is InChI=1S/C10H12O4S/c1-2-5-13-7-15-6-8-3-4-9(14-8)10(11)12/h2-4H,1,5-7H2,(H,11,12). The molecule has 0 unspecified atom stereocenters. The third kappa shape index (κ3) is 4.22. The van der Waals surface area contributed by atoms with Crippen LogP contribution in [0.5, 0.6) is 0 Å². The van der Waals surface area contributed by atoms with E-state index < -0.39 is 5.97 Å². The van der Waals surface area contributed by atoms with Crippen LogP contribution >= 0.6 is 11.8 Å². The van der Waals surface area contributed by atoms with Gasteiger partial charge in [0.05, 0.1) is 18.3 Å². The molecule has 0 amide bonds. The van der Waals surface area contributed by atoms with Gasteiger partial charge < -0.3 is 14.3 Å². The first kappa shape index (κ1) is 11.9. The van der Waals surface area contributed by atoms with Gasteiger partial charge >= 0.3 is 5.97 Å². The lowest BCUT2D eigenvalue weighted by Crippen LogP contribution is -1.92. The van der Waals surface area contributed by atoms with Crippen LogP contribution in [0, 0.1) is 0 Å². The lowest BCUT2D eigenvalue weighted by molar-refractivity contribution is 0.0661. The van der Waals surface area contributed by atoms with E-state index in [2.05, 4.69) is 6.58 Å². The van der Waals surface area contributed by atoms with E-state index >= 15 is 0 Å². The molecular formula is C10H12O4S. The first-order chi connectivity index (χ1) is 7.24. The summed E-state index contributed by atoms with van der Waals surface area (Å²) in [6.45, 7) is 4.04. The van der Waals surface area contributed by atoms with Gasteiger partial charge in [-0.15, -0.1) is 18.3 Å². The van der Waals surface area contributed by atoms with Gasteiger partial charge in [-0.3, -0.25) is 0 Å². The average molecular weight is 228 g/mol. The third-order valence-corrected chi connectivity index (χ3v) is 2.34. The number of hydrogen-bond donors (Lipinski definition) is 1. The average Bonchev–Trinajstić information content (AvgIpc) is 2.66. The maximum Gasteiger partial charge on any atom is 0.371 e. The molecule has 5 heteroatoms. The summed E-state index contributed by atoms with van der Waals surface area (Å²) < 4.78 is 10.2. The molecule has 0 fully saturated rings. The molecule has 0 saturated heterocycles. The second-order valence-corrected chi connectivity index (χ2v) is 3.63. The van der Waals surface area contributed by atoms with Gasteiger partial charge in [0.15, 0.2) is 0 Å². The molecule has 4 nitrogen and oxygen atoms in total. The Bertz CT molecular complexity index is 332. The van der Waals surface area contributed by atoms with Crippen molar-refractivity contribution in [3.05, 3.63) is 36.3 Å². The van der Waals surface area contributed by atoms with Crippen molar-refractivity contribution in [3.8, 4) is 0 Å². The van der Waals surface area contributed by atoms with E-state index in [1.165, 1.54) is 17.8 Å². The first-order valence-corrected chi connectivity index (χ1v) is 5.48. The van der Waals surface area contributed by atoms with Gasteiger partial charge in [-0.2, -0.15) is 0 Å². The quantitative estimate of drug-likeness (QED) is 0.441. The molecule has 0 aromatic carbocycles. The van der Waals surface area contributed by atoms with E-state index in [0.29, 0.717) is 24.1 Å². The van der Waals surface area contributed by atoms with Crippen molar-refractivity contribution in [1.29, 1.82) is 0 Å². The summed E-state index contributed by atoms with van der Waals surface area (Å²) in [5.74, 6) is 0.700. The molecule has 0 aliphatic carbocycles. The van der Waals surface area contributed by atoms with Crippen molar-refractivity contribution >= 4 is 17.7 Å². The fraction of sp³-hybridized carbons (Fsp3) is 0.300. The highest BCUT2D eigenvalue weighted by molar-refractivity contribution is 7.98. The minimum absolute atomic E-state index is 0.0300. The van der Waals surface area contributed by atoms with Crippen molar-refractivity contribution in [2.75, 3.05) is 12.5 Å². The lowest BCUT2D eigenvalue weighted by Gasteiger charge is -1.98. The van der Waals surface area contributed by atoms with Gasteiger partial charge in [0, 0.05) is 0 Å². The van der Waals surface area contributed by atoms with Crippen LogP contribution in [0.4, 0.5) is 0 Å². The number of thioether (sulfide) groups is 1. The number of ether oxygens (including phenoxy) is 1. The highest BCUT2D eigenvalue weighted by Gasteiger charge is 2.08. The number of rotatable bonds is 7. The van der Waals surface area contributed by atoms with Gasteiger partial charge in [0.25, 0.3) is 0 Å². The second kappa shape index (κ2) is 6.31. The van der Waals surface area contributed by atoms with E-state index in [0.717, 1.165) is 0 Å². The Morgan fingerprint density at radius 3 is 3.07 bits per heavy atom. The molecule has 1 rings (SSSR count). The molecule has 15 heavy (non-hydrogen) atoms. The van der Waals surface area contributed by atoms with Gasteiger partial charge in [-0.1, -0.05) is 6.08 Å². The summed E-state index contributed by atoms with van der Waals surface area (Å²) in [6, 6.07) is 3.10. The zero-order chi connectivity index (χ0) is 11.1. The lowest BCUT2D eigenvalue weighted by atomic mass is 10.4. The number of carbonyl (C=O) groups is 1. The predicted octanol–water partition coefficient (Wildman–Crippen LogP) is 2.37. The van der Waals surface area contributed by atoms with E-state index in [1.54, 1.807) is 12.1 Å². The van der Waals surface area contributed by atoms with Crippen LogP contribution in [0.2, 0.25) is 0 Å². The number of carboxylic acids is 1. The Hall–Kier alpha value is -1.20. The van der Waals surface area contributed by atoms with Gasteiger partial charge in [-0.25, -0.2) is 4.79 Å². The minimum Gasteiger partial charge on any atom is -0.475 e. The molecule has 0 bridgehead atoms. The van der Waals surface area contributed by atoms with Gasteiger partial charge in [-0.05, 0) is 12.1 Å². The Morgan fingerprint density at radius 2 is 2.47 bits per heavy atom. The number of carboxylic acid groups (broad SMARTS) is 1. The molecule has 0 radical (unpaired) electrons. The van der Waals surface area contributed by atoms with Crippen molar-refractivity contribution in [1.82, 2.24) is 0 Å². The zero-order valence-corrected chi connectivity index (χ0v) is 8.96. The molecule has 1 aromatic rings. The minimum atomic E-state index is -1.05. The molecule has 0 atom stereocenters. The molecule has 0 spiro atoms. The van der Waals surface area contributed by atoms with Crippen LogP contribution in [-0.2, 0) is 10.5 Å². The predicted molar refractivity (Wildman–Crippen MR) is 58.0 cm³/mol. The molecule has 0 saturated carbocycles. The Labute approximate surface area is 91.9 Å². The summed E-state index contributed by atoms with van der Waals surface area (Å²) in [5.41, 5.74) is 0. The molecule has 0 aliphatic heterocycles. The Balaban J connectivity index is 2.25. The molecule has 0 aliphatic rings. The maximum atomic E-state index is 10.5. The summed E-state index contributed by atoms with van der Waals surface area (Å²) in [7, 11) is 0. The highest BCUT2D eigenvalue weighted by Crippen LogP contribution is 2.15. The second-order valence-electron chi connectivity index (χ2n) is 2.70. The third-order valence-electron chi connectivity index (χ3n) is 1.52. The summed E-state index contributed by atoms with van der Waals surface area (Å²) in [5, 5.41) is 8.60. The van der Waals surface area contributed by atoms with E-state index in [1.807, 2.05) is 0 Å².